The second kappa shape index (κ2) is 7.03. The molecule has 1 N–H and O–H groups in total. The van der Waals surface area contributed by atoms with Crippen molar-refractivity contribution in [2.45, 2.75) is 25.9 Å². The van der Waals surface area contributed by atoms with Gasteiger partial charge in [0.2, 0.25) is 0 Å². The van der Waals surface area contributed by atoms with E-state index in [0.717, 1.165) is 45.1 Å². The number of imidazole rings is 1. The average molecular weight is 266 g/mol. The summed E-state index contributed by atoms with van der Waals surface area (Å²) in [6, 6.07) is 0.586. The molecule has 0 bridgehead atoms. The Labute approximate surface area is 116 Å². The van der Waals surface area contributed by atoms with Crippen LogP contribution in [0.25, 0.3) is 0 Å². The lowest BCUT2D eigenvalue weighted by molar-refractivity contribution is 0.0190. The Kier molecular flexibility index (Phi) is 5.36. The Morgan fingerprint density at radius 2 is 2.42 bits per heavy atom. The molecule has 1 saturated heterocycles. The number of aryl methyl sites for hydroxylation is 1. The second-order valence-corrected chi connectivity index (χ2v) is 5.44. The van der Waals surface area contributed by atoms with Gasteiger partial charge in [-0.25, -0.2) is 4.98 Å². The predicted octanol–water partition coefficient (Wildman–Crippen LogP) is 0.867. The van der Waals surface area contributed by atoms with Crippen molar-refractivity contribution in [2.75, 3.05) is 33.4 Å². The van der Waals surface area contributed by atoms with Crippen LogP contribution in [0.1, 0.15) is 19.2 Å². The van der Waals surface area contributed by atoms with E-state index in [0.29, 0.717) is 12.0 Å². The molecule has 2 heterocycles. The van der Waals surface area contributed by atoms with Gasteiger partial charge < -0.3 is 14.6 Å². The van der Waals surface area contributed by atoms with E-state index in [9.17, 15) is 0 Å². The molecule has 0 aliphatic carbocycles. The van der Waals surface area contributed by atoms with Crippen molar-refractivity contribution in [3.8, 4) is 0 Å². The quantitative estimate of drug-likeness (QED) is 0.829. The van der Waals surface area contributed by atoms with Crippen LogP contribution in [0.4, 0.5) is 0 Å². The molecule has 2 unspecified atom stereocenters. The first-order valence-corrected chi connectivity index (χ1v) is 7.16. The maximum Gasteiger partial charge on any atom is 0.122 e. The predicted molar refractivity (Wildman–Crippen MR) is 75.9 cm³/mol. The fraction of sp³-hybridized carbons (Fsp3) is 0.786. The van der Waals surface area contributed by atoms with Crippen molar-refractivity contribution in [3.63, 3.8) is 0 Å². The molecule has 108 valence electrons. The van der Waals surface area contributed by atoms with Gasteiger partial charge in [-0.15, -0.1) is 0 Å². The van der Waals surface area contributed by atoms with E-state index in [1.54, 1.807) is 0 Å². The lowest BCUT2D eigenvalue weighted by Crippen LogP contribution is -2.47. The van der Waals surface area contributed by atoms with Gasteiger partial charge in [-0.3, -0.25) is 4.90 Å². The summed E-state index contributed by atoms with van der Waals surface area (Å²) in [6.07, 6.45) is 4.97. The van der Waals surface area contributed by atoms with Crippen molar-refractivity contribution in [2.24, 2.45) is 13.0 Å². The van der Waals surface area contributed by atoms with E-state index in [-0.39, 0.29) is 0 Å². The third-order valence-corrected chi connectivity index (χ3v) is 3.82. The summed E-state index contributed by atoms with van der Waals surface area (Å²) in [5.74, 6) is 1.68. The minimum atomic E-state index is 0.568. The Hall–Kier alpha value is -0.910. The zero-order chi connectivity index (χ0) is 13.7. The van der Waals surface area contributed by atoms with Crippen LogP contribution in [-0.2, 0) is 18.3 Å². The van der Waals surface area contributed by atoms with Gasteiger partial charge in [0.05, 0.1) is 13.2 Å². The highest BCUT2D eigenvalue weighted by atomic mass is 16.5. The Morgan fingerprint density at radius 3 is 3.11 bits per heavy atom. The minimum Gasteiger partial charge on any atom is -0.381 e. The molecule has 5 heteroatoms. The van der Waals surface area contributed by atoms with Gasteiger partial charge in [0.25, 0.3) is 0 Å². The van der Waals surface area contributed by atoms with Gasteiger partial charge in [0.15, 0.2) is 0 Å². The van der Waals surface area contributed by atoms with E-state index in [1.807, 2.05) is 19.4 Å². The Morgan fingerprint density at radius 1 is 1.58 bits per heavy atom. The third kappa shape index (κ3) is 4.03. The van der Waals surface area contributed by atoms with E-state index < -0.39 is 0 Å². The lowest BCUT2D eigenvalue weighted by Gasteiger charge is -2.34. The molecule has 0 saturated carbocycles. The molecule has 19 heavy (non-hydrogen) atoms. The third-order valence-electron chi connectivity index (χ3n) is 3.82. The SMILES string of the molecule is CCNC1CCOCC1CN(C)Cc1nccn1C. The summed E-state index contributed by atoms with van der Waals surface area (Å²) in [5, 5.41) is 3.58. The monoisotopic (exact) mass is 266 g/mol. The number of rotatable bonds is 6. The molecule has 0 amide bonds. The number of ether oxygens (including phenoxy) is 1. The van der Waals surface area contributed by atoms with Crippen LogP contribution in [0, 0.1) is 5.92 Å². The van der Waals surface area contributed by atoms with Gasteiger partial charge in [0.1, 0.15) is 5.82 Å². The number of hydrogen-bond donors (Lipinski definition) is 1. The maximum atomic E-state index is 5.63. The van der Waals surface area contributed by atoms with E-state index in [4.69, 9.17) is 4.74 Å². The zero-order valence-electron chi connectivity index (χ0n) is 12.3. The maximum absolute atomic E-state index is 5.63. The normalized spacial score (nSPS) is 24.0. The summed E-state index contributed by atoms with van der Waals surface area (Å²) in [7, 11) is 4.20. The Balaban J connectivity index is 1.86. The number of aromatic nitrogens is 2. The molecule has 2 atom stereocenters. The van der Waals surface area contributed by atoms with Crippen molar-refractivity contribution in [1.82, 2.24) is 19.8 Å². The first-order chi connectivity index (χ1) is 9.20. The lowest BCUT2D eigenvalue weighted by atomic mass is 9.95. The number of hydrogen-bond acceptors (Lipinski definition) is 4. The van der Waals surface area contributed by atoms with Crippen LogP contribution in [0.5, 0.6) is 0 Å². The van der Waals surface area contributed by atoms with Crippen molar-refractivity contribution < 1.29 is 4.74 Å². The molecule has 2 rings (SSSR count). The van der Waals surface area contributed by atoms with Gasteiger partial charge in [-0.2, -0.15) is 0 Å². The van der Waals surface area contributed by atoms with Crippen LogP contribution in [0.2, 0.25) is 0 Å². The molecule has 5 nitrogen and oxygen atoms in total. The minimum absolute atomic E-state index is 0.568. The largest absolute Gasteiger partial charge is 0.381 e. The summed E-state index contributed by atoms with van der Waals surface area (Å²) < 4.78 is 7.71. The highest BCUT2D eigenvalue weighted by Gasteiger charge is 2.26. The summed E-state index contributed by atoms with van der Waals surface area (Å²) in [5.41, 5.74) is 0. The first-order valence-electron chi connectivity index (χ1n) is 7.16. The zero-order valence-corrected chi connectivity index (χ0v) is 12.3. The fourth-order valence-electron chi connectivity index (χ4n) is 2.76. The van der Waals surface area contributed by atoms with Crippen LogP contribution in [0.15, 0.2) is 12.4 Å². The fourth-order valence-corrected chi connectivity index (χ4v) is 2.76. The number of nitrogens with one attached hydrogen (secondary N) is 1. The molecular weight excluding hydrogens is 240 g/mol. The molecule has 1 fully saturated rings. The van der Waals surface area contributed by atoms with Crippen LogP contribution < -0.4 is 5.32 Å². The van der Waals surface area contributed by atoms with Crippen LogP contribution in [-0.4, -0.2) is 53.8 Å². The smallest absolute Gasteiger partial charge is 0.122 e. The van der Waals surface area contributed by atoms with Gasteiger partial charge in [-0.1, -0.05) is 6.92 Å². The molecule has 1 aromatic heterocycles. The molecular formula is C14H26N4O. The van der Waals surface area contributed by atoms with Crippen molar-refractivity contribution >= 4 is 0 Å². The first kappa shape index (κ1) is 14.5. The average Bonchev–Trinajstić information content (AvgIpc) is 2.78. The molecule has 0 aromatic carbocycles. The second-order valence-electron chi connectivity index (χ2n) is 5.44. The highest BCUT2D eigenvalue weighted by Crippen LogP contribution is 2.16. The van der Waals surface area contributed by atoms with E-state index in [2.05, 4.69) is 33.7 Å². The van der Waals surface area contributed by atoms with Crippen LogP contribution in [0.3, 0.4) is 0 Å². The van der Waals surface area contributed by atoms with Crippen molar-refractivity contribution in [1.29, 1.82) is 0 Å². The number of nitrogens with zero attached hydrogens (tertiary/aromatic N) is 3. The topological polar surface area (TPSA) is 42.3 Å². The molecule has 1 aliphatic rings. The standard InChI is InChI=1S/C14H26N4O/c1-4-15-13-5-8-19-11-12(13)9-17(2)10-14-16-6-7-18(14)3/h6-7,12-13,15H,4-5,8-11H2,1-3H3. The van der Waals surface area contributed by atoms with Crippen LogP contribution >= 0.6 is 0 Å². The molecule has 0 radical (unpaired) electrons. The van der Waals surface area contributed by atoms with E-state index in [1.165, 1.54) is 0 Å². The highest BCUT2D eigenvalue weighted by molar-refractivity contribution is 4.91. The molecule has 0 spiro atoms. The molecule has 1 aromatic rings. The Bertz CT molecular complexity index is 377. The van der Waals surface area contributed by atoms with Gasteiger partial charge in [0, 0.05) is 44.6 Å². The molecule has 1 aliphatic heterocycles. The summed E-state index contributed by atoms with van der Waals surface area (Å²) in [4.78, 5) is 6.72. The summed E-state index contributed by atoms with van der Waals surface area (Å²) in [6.45, 7) is 6.89. The van der Waals surface area contributed by atoms with Gasteiger partial charge >= 0.3 is 0 Å². The van der Waals surface area contributed by atoms with E-state index >= 15 is 0 Å². The summed E-state index contributed by atoms with van der Waals surface area (Å²) >= 11 is 0. The van der Waals surface area contributed by atoms with Gasteiger partial charge in [-0.05, 0) is 20.0 Å². The van der Waals surface area contributed by atoms with Crippen molar-refractivity contribution in [3.05, 3.63) is 18.2 Å².